The molecule has 1 saturated heterocycles. The van der Waals surface area contributed by atoms with Crippen LogP contribution in [0.3, 0.4) is 0 Å². The van der Waals surface area contributed by atoms with E-state index in [2.05, 4.69) is 43.5 Å². The summed E-state index contributed by atoms with van der Waals surface area (Å²) in [6, 6.07) is 14.4. The smallest absolute Gasteiger partial charge is 0.255 e. The largest absolute Gasteiger partial charge is 0.437 e. The Bertz CT molecular complexity index is 1730. The number of halogens is 2. The molecule has 2 aromatic heterocycles. The molecule has 0 radical (unpaired) electrons. The highest BCUT2D eigenvalue weighted by Crippen LogP contribution is 2.35. The average Bonchev–Trinajstić information content (AvgIpc) is 3.38. The maximum absolute atomic E-state index is 14.8. The predicted molar refractivity (Wildman–Crippen MR) is 164 cm³/mol. The molecule has 0 spiro atoms. The van der Waals surface area contributed by atoms with Crippen LogP contribution in [0.4, 0.5) is 15.2 Å². The second-order valence-corrected chi connectivity index (χ2v) is 12.1. The van der Waals surface area contributed by atoms with Crippen LogP contribution in [0.15, 0.2) is 48.5 Å². The van der Waals surface area contributed by atoms with Gasteiger partial charge < -0.3 is 20.3 Å². The fourth-order valence-electron chi connectivity index (χ4n) is 4.40. The number of anilines is 2. The third-order valence-electron chi connectivity index (χ3n) is 7.05. The second-order valence-electron chi connectivity index (χ2n) is 10.8. The molecule has 4 aromatic rings. The summed E-state index contributed by atoms with van der Waals surface area (Å²) in [7, 11) is 2.06. The van der Waals surface area contributed by atoms with Gasteiger partial charge in [0.2, 0.25) is 11.8 Å². The minimum absolute atomic E-state index is 0.0173. The van der Waals surface area contributed by atoms with Crippen molar-refractivity contribution in [3.63, 3.8) is 0 Å². The van der Waals surface area contributed by atoms with Gasteiger partial charge in [-0.3, -0.25) is 14.5 Å². The number of nitriles is 1. The van der Waals surface area contributed by atoms with Crippen molar-refractivity contribution in [2.45, 2.75) is 19.3 Å². The predicted octanol–water partition coefficient (Wildman–Crippen LogP) is 5.52. The molecule has 1 fully saturated rings. The van der Waals surface area contributed by atoms with Gasteiger partial charge in [-0.25, -0.2) is 14.4 Å². The first-order chi connectivity index (χ1) is 20.5. The normalized spacial score (nSPS) is 14.3. The molecule has 43 heavy (non-hydrogen) atoms. The number of rotatable bonds is 8. The first kappa shape index (κ1) is 30.3. The molecule has 2 N–H and O–H groups in total. The number of fused-ring (bicyclic) bond motifs is 1. The van der Waals surface area contributed by atoms with Crippen molar-refractivity contribution in [3.8, 4) is 17.7 Å². The van der Waals surface area contributed by atoms with Gasteiger partial charge in [0.05, 0.1) is 28.7 Å². The van der Waals surface area contributed by atoms with Crippen LogP contribution >= 0.6 is 22.9 Å². The van der Waals surface area contributed by atoms with E-state index >= 15 is 0 Å². The molecule has 5 rings (SSSR count). The Morgan fingerprint density at radius 2 is 1.88 bits per heavy atom. The summed E-state index contributed by atoms with van der Waals surface area (Å²) in [4.78, 5) is 39.3. The Hall–Kier alpha value is -4.15. The van der Waals surface area contributed by atoms with Gasteiger partial charge in [0.15, 0.2) is 5.13 Å². The topological polar surface area (TPSA) is 123 Å². The van der Waals surface area contributed by atoms with Crippen molar-refractivity contribution in [2.24, 2.45) is 0 Å². The molecule has 0 atom stereocenters. The van der Waals surface area contributed by atoms with E-state index in [0.29, 0.717) is 21.0 Å². The van der Waals surface area contributed by atoms with Gasteiger partial charge in [0.1, 0.15) is 21.9 Å². The molecule has 13 heteroatoms. The van der Waals surface area contributed by atoms with E-state index in [1.165, 1.54) is 17.4 Å². The van der Waals surface area contributed by atoms with Crippen LogP contribution in [-0.2, 0) is 10.2 Å². The highest BCUT2D eigenvalue weighted by molar-refractivity contribution is 7.21. The van der Waals surface area contributed by atoms with Crippen LogP contribution in [0.1, 0.15) is 29.8 Å². The summed E-state index contributed by atoms with van der Waals surface area (Å²) < 4.78 is 20.7. The molecule has 222 valence electrons. The van der Waals surface area contributed by atoms with Gasteiger partial charge >= 0.3 is 0 Å². The van der Waals surface area contributed by atoms with Gasteiger partial charge in [-0.1, -0.05) is 35.1 Å². The van der Waals surface area contributed by atoms with E-state index in [9.17, 15) is 19.2 Å². The summed E-state index contributed by atoms with van der Waals surface area (Å²) in [5.41, 5.74) is 0.559. The van der Waals surface area contributed by atoms with Crippen LogP contribution in [-0.4, -0.2) is 71.4 Å². The average molecular weight is 622 g/mol. The van der Waals surface area contributed by atoms with Crippen LogP contribution in [0, 0.1) is 17.1 Å². The van der Waals surface area contributed by atoms with Crippen LogP contribution < -0.4 is 15.4 Å². The number of carbonyl (C=O) groups excluding carboxylic acids is 2. The van der Waals surface area contributed by atoms with E-state index in [1.54, 1.807) is 50.2 Å². The molecule has 0 unspecified atom stereocenters. The van der Waals surface area contributed by atoms with Gasteiger partial charge in [-0.2, -0.15) is 5.26 Å². The maximum atomic E-state index is 14.8. The van der Waals surface area contributed by atoms with Gasteiger partial charge in [0, 0.05) is 43.9 Å². The van der Waals surface area contributed by atoms with E-state index < -0.39 is 17.1 Å². The number of likely N-dealkylation sites (N-methyl/N-ethyl adjacent to an activating group) is 1. The van der Waals surface area contributed by atoms with Crippen LogP contribution in [0.25, 0.3) is 10.3 Å². The third kappa shape index (κ3) is 7.26. The molecule has 1 aliphatic rings. The lowest BCUT2D eigenvalue weighted by Crippen LogP contribution is -2.47. The Morgan fingerprint density at radius 3 is 2.63 bits per heavy atom. The Labute approximate surface area is 257 Å². The molecule has 10 nitrogen and oxygen atoms in total. The monoisotopic (exact) mass is 621 g/mol. The van der Waals surface area contributed by atoms with E-state index in [0.717, 1.165) is 32.2 Å². The maximum Gasteiger partial charge on any atom is 0.255 e. The van der Waals surface area contributed by atoms with Crippen molar-refractivity contribution in [3.05, 3.63) is 70.5 Å². The summed E-state index contributed by atoms with van der Waals surface area (Å²) in [6.07, 6.45) is 0. The SMILES string of the molecule is CN1CCN(CC(=O)Nc2nc3ccc(Oc4cc(NC(=O)c5cccc(C(C)(C)C#N)c5)c(F)cc4Cl)nc3s2)CC1. The van der Waals surface area contributed by atoms with Crippen molar-refractivity contribution in [2.75, 3.05) is 50.4 Å². The first-order valence-electron chi connectivity index (χ1n) is 13.5. The first-order valence-corrected chi connectivity index (χ1v) is 14.7. The fraction of sp³-hybridized carbons (Fsp3) is 0.300. The number of nitrogens with zero attached hydrogens (tertiary/aromatic N) is 5. The number of ether oxygens (including phenoxy) is 1. The Kier molecular flexibility index (Phi) is 8.89. The summed E-state index contributed by atoms with van der Waals surface area (Å²) >= 11 is 7.46. The molecule has 2 aromatic carbocycles. The number of nitrogens with one attached hydrogen (secondary N) is 2. The lowest BCUT2D eigenvalue weighted by Gasteiger charge is -2.31. The molecule has 3 heterocycles. The summed E-state index contributed by atoms with van der Waals surface area (Å²) in [5, 5.41) is 15.2. The molecular formula is C30H29ClFN7O3S. The zero-order valence-electron chi connectivity index (χ0n) is 23.8. The minimum Gasteiger partial charge on any atom is -0.437 e. The molecule has 0 aliphatic carbocycles. The molecule has 0 saturated carbocycles. The summed E-state index contributed by atoms with van der Waals surface area (Å²) in [6.45, 7) is 7.28. The van der Waals surface area contributed by atoms with Crippen molar-refractivity contribution in [1.82, 2.24) is 19.8 Å². The number of amides is 2. The number of hydrogen-bond donors (Lipinski definition) is 2. The fourth-order valence-corrected chi connectivity index (χ4v) is 5.44. The van der Waals surface area contributed by atoms with E-state index in [-0.39, 0.29) is 40.4 Å². The number of piperazine rings is 1. The van der Waals surface area contributed by atoms with E-state index in [4.69, 9.17) is 16.3 Å². The zero-order chi connectivity index (χ0) is 30.7. The summed E-state index contributed by atoms with van der Waals surface area (Å²) in [5.74, 6) is -1.21. The van der Waals surface area contributed by atoms with Gasteiger partial charge in [-0.15, -0.1) is 0 Å². The minimum atomic E-state index is -0.800. The molecule has 1 aliphatic heterocycles. The lowest BCUT2D eigenvalue weighted by atomic mass is 9.85. The molecule has 0 bridgehead atoms. The zero-order valence-corrected chi connectivity index (χ0v) is 25.4. The molecular weight excluding hydrogens is 593 g/mol. The highest BCUT2D eigenvalue weighted by Gasteiger charge is 2.22. The van der Waals surface area contributed by atoms with E-state index in [1.807, 2.05) is 0 Å². The van der Waals surface area contributed by atoms with Gasteiger partial charge in [-0.05, 0) is 50.7 Å². The van der Waals surface area contributed by atoms with Crippen molar-refractivity contribution >= 4 is 55.9 Å². The number of hydrogen-bond acceptors (Lipinski definition) is 9. The number of benzene rings is 2. The Morgan fingerprint density at radius 1 is 1.12 bits per heavy atom. The standard InChI is InChI=1S/C30H29ClFN7O3S/c1-30(2,17-33)19-6-4-5-18(13-19)27(41)34-23-15-24(20(31)14-21(23)32)42-26-8-7-22-28(37-26)43-29(35-22)36-25(40)16-39-11-9-38(3)10-12-39/h4-8,13-15H,9-12,16H2,1-3H3,(H,34,41)(H,35,36,40). The quantitative estimate of drug-likeness (QED) is 0.264. The third-order valence-corrected chi connectivity index (χ3v) is 8.23. The Balaban J connectivity index is 1.28. The van der Waals surface area contributed by atoms with Gasteiger partial charge in [0.25, 0.3) is 5.91 Å². The highest BCUT2D eigenvalue weighted by atomic mass is 35.5. The second kappa shape index (κ2) is 12.6. The number of carbonyl (C=O) groups is 2. The number of thiazole rings is 1. The number of pyridine rings is 1. The van der Waals surface area contributed by atoms with Crippen molar-refractivity contribution in [1.29, 1.82) is 5.26 Å². The van der Waals surface area contributed by atoms with Crippen LogP contribution in [0.2, 0.25) is 5.02 Å². The number of aromatic nitrogens is 2. The van der Waals surface area contributed by atoms with Crippen LogP contribution in [0.5, 0.6) is 11.6 Å². The molecule has 2 amide bonds. The lowest BCUT2D eigenvalue weighted by molar-refractivity contribution is -0.117. The van der Waals surface area contributed by atoms with Crippen molar-refractivity contribution < 1.29 is 18.7 Å².